The van der Waals surface area contributed by atoms with Gasteiger partial charge in [-0.05, 0) is 19.5 Å². The van der Waals surface area contributed by atoms with Gasteiger partial charge in [-0.15, -0.1) is 11.3 Å². The van der Waals surface area contributed by atoms with Crippen molar-refractivity contribution >= 4 is 11.3 Å². The van der Waals surface area contributed by atoms with Crippen molar-refractivity contribution < 1.29 is 4.39 Å². The molecule has 0 aliphatic carbocycles. The van der Waals surface area contributed by atoms with E-state index in [1.165, 1.54) is 0 Å². The summed E-state index contributed by atoms with van der Waals surface area (Å²) in [5.41, 5.74) is 1.39. The number of aryl methyl sites for hydroxylation is 1. The largest absolute Gasteiger partial charge is 0.313 e. The molecule has 1 unspecified atom stereocenters. The van der Waals surface area contributed by atoms with Gasteiger partial charge < -0.3 is 5.32 Å². The van der Waals surface area contributed by atoms with Gasteiger partial charge in [0.15, 0.2) is 0 Å². The molecule has 0 radical (unpaired) electrons. The molecule has 1 N–H and O–H groups in total. The van der Waals surface area contributed by atoms with Crippen LogP contribution in [-0.4, -0.2) is 12.0 Å². The average molecular weight is 250 g/mol. The molecule has 0 spiro atoms. The van der Waals surface area contributed by atoms with Crippen molar-refractivity contribution in [1.29, 1.82) is 0 Å². The minimum absolute atomic E-state index is 0.0268. The van der Waals surface area contributed by atoms with Gasteiger partial charge in [0, 0.05) is 29.6 Å². The van der Waals surface area contributed by atoms with E-state index in [0.717, 1.165) is 5.01 Å². The summed E-state index contributed by atoms with van der Waals surface area (Å²) in [6.45, 7) is 1.79. The van der Waals surface area contributed by atoms with E-state index in [1.54, 1.807) is 30.5 Å². The van der Waals surface area contributed by atoms with Gasteiger partial charge in [-0.1, -0.05) is 18.2 Å². The van der Waals surface area contributed by atoms with Crippen LogP contribution >= 0.6 is 11.3 Å². The first-order valence-corrected chi connectivity index (χ1v) is 6.41. The van der Waals surface area contributed by atoms with E-state index >= 15 is 0 Å². The van der Waals surface area contributed by atoms with Crippen molar-refractivity contribution in [3.8, 4) is 0 Å². The monoisotopic (exact) mass is 250 g/mol. The molecule has 4 heteroatoms. The van der Waals surface area contributed by atoms with E-state index in [0.29, 0.717) is 17.5 Å². The standard InChI is InChI=1S/C13H15FN2S/c1-9-4-3-5-10(13(9)14)11(15-2)8-12-16-6-7-17-12/h3-7,11,15H,8H2,1-2H3. The molecule has 0 amide bonds. The Bertz CT molecular complexity index is 482. The summed E-state index contributed by atoms with van der Waals surface area (Å²) in [5, 5.41) is 6.11. The number of likely N-dealkylation sites (N-methyl/N-ethyl adjacent to an activating group) is 1. The van der Waals surface area contributed by atoms with Crippen LogP contribution in [0.3, 0.4) is 0 Å². The van der Waals surface area contributed by atoms with Crippen molar-refractivity contribution in [2.24, 2.45) is 0 Å². The number of halogens is 1. The molecule has 0 fully saturated rings. The van der Waals surface area contributed by atoms with Gasteiger partial charge in [-0.2, -0.15) is 0 Å². The Balaban J connectivity index is 2.26. The van der Waals surface area contributed by atoms with Crippen LogP contribution < -0.4 is 5.32 Å². The van der Waals surface area contributed by atoms with Crippen LogP contribution in [0.25, 0.3) is 0 Å². The molecule has 0 saturated carbocycles. The van der Waals surface area contributed by atoms with Crippen LogP contribution in [0.15, 0.2) is 29.8 Å². The number of hydrogen-bond donors (Lipinski definition) is 1. The van der Waals surface area contributed by atoms with Crippen LogP contribution in [0.5, 0.6) is 0 Å². The Hall–Kier alpha value is -1.26. The van der Waals surface area contributed by atoms with Crippen molar-refractivity contribution in [1.82, 2.24) is 10.3 Å². The van der Waals surface area contributed by atoms with E-state index in [1.807, 2.05) is 24.6 Å². The quantitative estimate of drug-likeness (QED) is 0.902. The Kier molecular flexibility index (Phi) is 3.86. The van der Waals surface area contributed by atoms with E-state index in [4.69, 9.17) is 0 Å². The minimum atomic E-state index is -0.122. The van der Waals surface area contributed by atoms with Gasteiger partial charge in [0.2, 0.25) is 0 Å². The maximum atomic E-state index is 14.0. The molecular weight excluding hydrogens is 235 g/mol. The summed E-state index contributed by atoms with van der Waals surface area (Å²) in [4.78, 5) is 4.24. The number of hydrogen-bond acceptors (Lipinski definition) is 3. The molecule has 17 heavy (non-hydrogen) atoms. The lowest BCUT2D eigenvalue weighted by molar-refractivity contribution is 0.529. The molecule has 1 aromatic heterocycles. The lowest BCUT2D eigenvalue weighted by Crippen LogP contribution is -2.20. The topological polar surface area (TPSA) is 24.9 Å². The number of thiazole rings is 1. The first kappa shape index (κ1) is 12.2. The highest BCUT2D eigenvalue weighted by Crippen LogP contribution is 2.23. The zero-order valence-electron chi connectivity index (χ0n) is 9.90. The average Bonchev–Trinajstić information content (AvgIpc) is 2.83. The third kappa shape index (κ3) is 2.70. The zero-order valence-corrected chi connectivity index (χ0v) is 10.7. The Morgan fingerprint density at radius 3 is 2.94 bits per heavy atom. The smallest absolute Gasteiger partial charge is 0.130 e. The SMILES string of the molecule is CNC(Cc1nccs1)c1cccc(C)c1F. The summed E-state index contributed by atoms with van der Waals surface area (Å²) in [5.74, 6) is -0.122. The molecule has 1 aromatic carbocycles. The molecule has 0 bridgehead atoms. The second-order valence-electron chi connectivity index (χ2n) is 3.95. The molecule has 1 atom stereocenters. The van der Waals surface area contributed by atoms with Crippen molar-refractivity contribution in [3.05, 3.63) is 51.7 Å². The molecule has 2 rings (SSSR count). The minimum Gasteiger partial charge on any atom is -0.313 e. The summed E-state index contributed by atoms with van der Waals surface area (Å²) in [6.07, 6.45) is 2.49. The molecule has 0 aliphatic rings. The Labute approximate surface area is 105 Å². The van der Waals surface area contributed by atoms with E-state index < -0.39 is 0 Å². The van der Waals surface area contributed by atoms with Crippen LogP contribution in [0.2, 0.25) is 0 Å². The second-order valence-corrected chi connectivity index (χ2v) is 4.93. The van der Waals surface area contributed by atoms with Crippen LogP contribution in [0, 0.1) is 12.7 Å². The second kappa shape index (κ2) is 5.38. The fourth-order valence-electron chi connectivity index (χ4n) is 1.84. The number of benzene rings is 1. The fourth-order valence-corrected chi connectivity index (χ4v) is 2.50. The van der Waals surface area contributed by atoms with Crippen LogP contribution in [-0.2, 0) is 6.42 Å². The summed E-state index contributed by atoms with van der Waals surface area (Å²) >= 11 is 1.60. The third-order valence-electron chi connectivity index (χ3n) is 2.81. The van der Waals surface area contributed by atoms with E-state index in [2.05, 4.69) is 10.3 Å². The first-order valence-electron chi connectivity index (χ1n) is 5.53. The van der Waals surface area contributed by atoms with E-state index in [-0.39, 0.29) is 11.9 Å². The van der Waals surface area contributed by atoms with Gasteiger partial charge in [0.25, 0.3) is 0 Å². The van der Waals surface area contributed by atoms with Gasteiger partial charge in [-0.25, -0.2) is 9.37 Å². The molecule has 2 aromatic rings. The first-order chi connectivity index (χ1) is 8.22. The highest BCUT2D eigenvalue weighted by Gasteiger charge is 2.16. The molecular formula is C13H15FN2S. The van der Waals surface area contributed by atoms with Crippen molar-refractivity contribution in [2.75, 3.05) is 7.05 Å². The van der Waals surface area contributed by atoms with Crippen LogP contribution in [0.1, 0.15) is 22.2 Å². The predicted octanol–water partition coefficient (Wildman–Crippen LogP) is 3.09. The lowest BCUT2D eigenvalue weighted by atomic mass is 10.0. The normalized spacial score (nSPS) is 12.6. The van der Waals surface area contributed by atoms with Gasteiger partial charge in [0.05, 0.1) is 5.01 Å². The molecule has 2 nitrogen and oxygen atoms in total. The number of nitrogens with zero attached hydrogens (tertiary/aromatic N) is 1. The highest BCUT2D eigenvalue weighted by molar-refractivity contribution is 7.09. The van der Waals surface area contributed by atoms with Crippen molar-refractivity contribution in [3.63, 3.8) is 0 Å². The Morgan fingerprint density at radius 2 is 2.29 bits per heavy atom. The van der Waals surface area contributed by atoms with Gasteiger partial charge in [0.1, 0.15) is 5.82 Å². The number of aromatic nitrogens is 1. The maximum absolute atomic E-state index is 14.0. The summed E-state index contributed by atoms with van der Waals surface area (Å²) < 4.78 is 14.0. The van der Waals surface area contributed by atoms with Crippen molar-refractivity contribution in [2.45, 2.75) is 19.4 Å². The van der Waals surface area contributed by atoms with Crippen LogP contribution in [0.4, 0.5) is 4.39 Å². The predicted molar refractivity (Wildman–Crippen MR) is 68.8 cm³/mol. The Morgan fingerprint density at radius 1 is 1.47 bits per heavy atom. The molecule has 90 valence electrons. The summed E-state index contributed by atoms with van der Waals surface area (Å²) in [6, 6.07) is 5.48. The molecule has 0 saturated heterocycles. The van der Waals surface area contributed by atoms with E-state index in [9.17, 15) is 4.39 Å². The lowest BCUT2D eigenvalue weighted by Gasteiger charge is -2.17. The molecule has 0 aliphatic heterocycles. The zero-order chi connectivity index (χ0) is 12.3. The third-order valence-corrected chi connectivity index (χ3v) is 3.61. The maximum Gasteiger partial charge on any atom is 0.130 e. The van der Waals surface area contributed by atoms with Gasteiger partial charge >= 0.3 is 0 Å². The number of nitrogens with one attached hydrogen (secondary N) is 1. The summed E-state index contributed by atoms with van der Waals surface area (Å²) in [7, 11) is 1.85. The highest BCUT2D eigenvalue weighted by atomic mass is 32.1. The fraction of sp³-hybridized carbons (Fsp3) is 0.308. The molecule has 1 heterocycles. The van der Waals surface area contributed by atoms with Gasteiger partial charge in [-0.3, -0.25) is 0 Å². The number of rotatable bonds is 4.